The first kappa shape index (κ1) is 18.4. The number of anilines is 1. The highest BCUT2D eigenvalue weighted by molar-refractivity contribution is 6.13. The molecule has 0 spiro atoms. The predicted molar refractivity (Wildman–Crippen MR) is 98.8 cm³/mol. The Labute approximate surface area is 148 Å². The van der Waals surface area contributed by atoms with Crippen LogP contribution in [0.1, 0.15) is 5.56 Å². The summed E-state index contributed by atoms with van der Waals surface area (Å²) in [6.45, 7) is 6.27. The Balaban J connectivity index is 0.000000269. The number of hydrogen-bond acceptors (Lipinski definition) is 4. The normalized spacial score (nSPS) is 12.7. The molecule has 2 aromatic rings. The summed E-state index contributed by atoms with van der Waals surface area (Å²) in [4.78, 5) is 13.2. The van der Waals surface area contributed by atoms with Crippen molar-refractivity contribution in [2.24, 2.45) is 0 Å². The van der Waals surface area contributed by atoms with Crippen molar-refractivity contribution >= 4 is 11.6 Å². The molecule has 2 aromatic carbocycles. The average molecular weight is 341 g/mol. The van der Waals surface area contributed by atoms with Crippen LogP contribution in [0, 0.1) is 6.92 Å². The van der Waals surface area contributed by atoms with Gasteiger partial charge in [0.2, 0.25) is 5.75 Å². The number of amides is 1. The van der Waals surface area contributed by atoms with Crippen LogP contribution >= 0.6 is 0 Å². The van der Waals surface area contributed by atoms with Crippen LogP contribution < -0.4 is 19.1 Å². The van der Waals surface area contributed by atoms with Crippen LogP contribution in [-0.4, -0.2) is 33.8 Å². The zero-order valence-corrected chi connectivity index (χ0v) is 15.0. The van der Waals surface area contributed by atoms with Crippen LogP contribution in [0.5, 0.6) is 17.2 Å². The number of β-lactam (4-membered cyclic amide) rings is 1. The number of nitrogens with zero attached hydrogens (tertiary/aromatic N) is 1. The molecule has 0 aliphatic carbocycles. The summed E-state index contributed by atoms with van der Waals surface area (Å²) in [6.07, 6.45) is 0. The number of hydrogen-bond donors (Lipinski definition) is 0. The summed E-state index contributed by atoms with van der Waals surface area (Å²) in [5, 5.41) is 0. The fourth-order valence-electron chi connectivity index (χ4n) is 2.40. The highest BCUT2D eigenvalue weighted by Crippen LogP contribution is 2.42. The van der Waals surface area contributed by atoms with Crippen LogP contribution in [0.2, 0.25) is 0 Å². The number of benzene rings is 2. The van der Waals surface area contributed by atoms with E-state index in [-0.39, 0.29) is 5.91 Å². The largest absolute Gasteiger partial charge is 0.493 e. The van der Waals surface area contributed by atoms with Crippen LogP contribution in [0.15, 0.2) is 54.6 Å². The highest BCUT2D eigenvalue weighted by Gasteiger charge is 2.31. The molecule has 0 saturated carbocycles. The van der Waals surface area contributed by atoms with E-state index in [9.17, 15) is 4.79 Å². The van der Waals surface area contributed by atoms with E-state index in [0.29, 0.717) is 35.1 Å². The third kappa shape index (κ3) is 4.12. The fourth-order valence-corrected chi connectivity index (χ4v) is 2.40. The Morgan fingerprint density at radius 3 is 1.84 bits per heavy atom. The second-order valence-corrected chi connectivity index (χ2v) is 5.53. The SMILES string of the molecule is C=C1CN(c2cc(OC)c(OC)c(OC)c2)C1=O.Cc1ccccc1. The van der Waals surface area contributed by atoms with Crippen molar-refractivity contribution in [2.45, 2.75) is 6.92 Å². The number of carbonyl (C=O) groups excluding carboxylic acids is 1. The Morgan fingerprint density at radius 1 is 0.960 bits per heavy atom. The third-order valence-electron chi connectivity index (χ3n) is 3.80. The van der Waals surface area contributed by atoms with Crippen molar-refractivity contribution in [2.75, 3.05) is 32.8 Å². The minimum absolute atomic E-state index is 0.0794. The lowest BCUT2D eigenvalue weighted by Gasteiger charge is -2.33. The van der Waals surface area contributed by atoms with Crippen molar-refractivity contribution in [1.82, 2.24) is 0 Å². The summed E-state index contributed by atoms with van der Waals surface area (Å²) >= 11 is 0. The second-order valence-electron chi connectivity index (χ2n) is 5.53. The number of rotatable bonds is 4. The van der Waals surface area contributed by atoms with Crippen LogP contribution in [0.25, 0.3) is 0 Å². The summed E-state index contributed by atoms with van der Waals surface area (Å²) in [5.41, 5.74) is 2.63. The molecule has 0 aromatic heterocycles. The van der Waals surface area contributed by atoms with E-state index in [2.05, 4.69) is 25.6 Å². The van der Waals surface area contributed by atoms with Crippen molar-refractivity contribution in [1.29, 1.82) is 0 Å². The van der Waals surface area contributed by atoms with Gasteiger partial charge in [-0.1, -0.05) is 42.5 Å². The van der Waals surface area contributed by atoms with Gasteiger partial charge in [-0.15, -0.1) is 0 Å². The third-order valence-corrected chi connectivity index (χ3v) is 3.80. The molecule has 5 nitrogen and oxygen atoms in total. The number of methoxy groups -OCH3 is 3. The zero-order valence-electron chi connectivity index (χ0n) is 15.0. The van der Waals surface area contributed by atoms with Gasteiger partial charge < -0.3 is 19.1 Å². The summed E-state index contributed by atoms with van der Waals surface area (Å²) in [7, 11) is 4.62. The quantitative estimate of drug-likeness (QED) is 0.630. The van der Waals surface area contributed by atoms with Crippen molar-refractivity contribution in [3.63, 3.8) is 0 Å². The zero-order chi connectivity index (χ0) is 18.4. The van der Waals surface area contributed by atoms with E-state index >= 15 is 0 Å². The van der Waals surface area contributed by atoms with Gasteiger partial charge in [-0.3, -0.25) is 4.79 Å². The number of carbonyl (C=O) groups is 1. The summed E-state index contributed by atoms with van der Waals surface area (Å²) in [6, 6.07) is 13.7. The average Bonchev–Trinajstić information content (AvgIpc) is 2.65. The molecule has 3 rings (SSSR count). The molecule has 1 amide bonds. The summed E-state index contributed by atoms with van der Waals surface area (Å²) in [5.74, 6) is 1.48. The maximum Gasteiger partial charge on any atom is 0.255 e. The Kier molecular flexibility index (Phi) is 6.06. The molecular formula is C20H23NO4. The van der Waals surface area contributed by atoms with Crippen molar-refractivity contribution in [3.8, 4) is 17.2 Å². The lowest BCUT2D eigenvalue weighted by molar-refractivity contribution is -0.117. The Morgan fingerprint density at radius 2 is 1.52 bits per heavy atom. The lowest BCUT2D eigenvalue weighted by atomic mass is 10.1. The Hall–Kier alpha value is -2.95. The molecule has 1 aliphatic heterocycles. The van der Waals surface area contributed by atoms with Gasteiger partial charge >= 0.3 is 0 Å². The van der Waals surface area contributed by atoms with E-state index in [1.807, 2.05) is 18.2 Å². The summed E-state index contributed by atoms with van der Waals surface area (Å²) < 4.78 is 15.7. The molecule has 1 heterocycles. The first-order valence-corrected chi connectivity index (χ1v) is 7.83. The lowest BCUT2D eigenvalue weighted by Crippen LogP contribution is -2.45. The minimum Gasteiger partial charge on any atom is -0.493 e. The van der Waals surface area contributed by atoms with Gasteiger partial charge in [0.15, 0.2) is 11.5 Å². The van der Waals surface area contributed by atoms with Crippen LogP contribution in [0.3, 0.4) is 0 Å². The van der Waals surface area contributed by atoms with Gasteiger partial charge in [0.25, 0.3) is 5.91 Å². The molecule has 1 aliphatic rings. The van der Waals surface area contributed by atoms with E-state index < -0.39 is 0 Å². The second kappa shape index (κ2) is 8.24. The molecule has 5 heteroatoms. The van der Waals surface area contributed by atoms with Gasteiger partial charge in [-0.05, 0) is 6.92 Å². The number of aryl methyl sites for hydroxylation is 1. The number of ether oxygens (including phenoxy) is 3. The van der Waals surface area contributed by atoms with E-state index in [4.69, 9.17) is 14.2 Å². The van der Waals surface area contributed by atoms with E-state index in [1.54, 1.807) is 17.0 Å². The van der Waals surface area contributed by atoms with Gasteiger partial charge in [-0.2, -0.15) is 0 Å². The first-order valence-electron chi connectivity index (χ1n) is 7.83. The molecule has 0 bridgehead atoms. The monoisotopic (exact) mass is 341 g/mol. The van der Waals surface area contributed by atoms with E-state index in [0.717, 1.165) is 0 Å². The van der Waals surface area contributed by atoms with Crippen LogP contribution in [-0.2, 0) is 4.79 Å². The standard InChI is InChI=1S/C13H15NO4.C7H8/c1-8-7-14(13(8)15)9-5-10(16-2)12(18-4)11(6-9)17-3;1-7-5-3-2-4-6-7/h5-6H,1,7H2,2-4H3;2-6H,1H3. The smallest absolute Gasteiger partial charge is 0.255 e. The maximum atomic E-state index is 11.6. The fraction of sp³-hybridized carbons (Fsp3) is 0.250. The molecular weight excluding hydrogens is 318 g/mol. The topological polar surface area (TPSA) is 48.0 Å². The molecule has 1 saturated heterocycles. The first-order chi connectivity index (χ1) is 12.0. The molecule has 132 valence electrons. The predicted octanol–water partition coefficient (Wildman–Crippen LogP) is 3.61. The molecule has 0 atom stereocenters. The Bertz CT molecular complexity index is 731. The van der Waals surface area contributed by atoms with Gasteiger partial charge in [0, 0.05) is 17.7 Å². The van der Waals surface area contributed by atoms with Crippen molar-refractivity contribution < 1.29 is 19.0 Å². The van der Waals surface area contributed by atoms with Crippen LogP contribution in [0.4, 0.5) is 5.69 Å². The minimum atomic E-state index is -0.0794. The van der Waals surface area contributed by atoms with Gasteiger partial charge in [0.1, 0.15) is 0 Å². The highest BCUT2D eigenvalue weighted by atomic mass is 16.5. The molecule has 0 N–H and O–H groups in total. The van der Waals surface area contributed by atoms with Gasteiger partial charge in [0.05, 0.1) is 33.6 Å². The molecule has 0 radical (unpaired) electrons. The molecule has 0 unspecified atom stereocenters. The van der Waals surface area contributed by atoms with Crippen molar-refractivity contribution in [3.05, 3.63) is 60.2 Å². The molecule has 1 fully saturated rings. The van der Waals surface area contributed by atoms with E-state index in [1.165, 1.54) is 26.9 Å². The molecule has 25 heavy (non-hydrogen) atoms. The maximum absolute atomic E-state index is 11.6. The van der Waals surface area contributed by atoms with Gasteiger partial charge in [-0.25, -0.2) is 0 Å².